The molecule has 0 saturated carbocycles. The summed E-state index contributed by atoms with van der Waals surface area (Å²) in [4.78, 5) is 12.0. The standard InChI is InChI=1S/C17H16FNO/c1-12-7-9-14(10-8-12)17(20)11-13(2)19-16-6-4-3-5-15(16)18/h3-11,19H,1-2H3. The molecule has 2 rings (SSSR count). The van der Waals surface area contributed by atoms with Crippen molar-refractivity contribution in [1.29, 1.82) is 0 Å². The molecule has 0 aromatic heterocycles. The third-order valence-corrected chi connectivity index (χ3v) is 2.89. The van der Waals surface area contributed by atoms with Crippen LogP contribution in [0.25, 0.3) is 0 Å². The zero-order chi connectivity index (χ0) is 14.5. The largest absolute Gasteiger partial charge is 0.357 e. The maximum atomic E-state index is 13.5. The Morgan fingerprint density at radius 1 is 1.10 bits per heavy atom. The second kappa shape index (κ2) is 6.15. The molecule has 3 heteroatoms. The number of rotatable bonds is 4. The lowest BCUT2D eigenvalue weighted by Gasteiger charge is -2.07. The molecule has 0 saturated heterocycles. The Hall–Kier alpha value is -2.42. The summed E-state index contributed by atoms with van der Waals surface area (Å²) < 4.78 is 13.5. The molecular weight excluding hydrogens is 253 g/mol. The van der Waals surface area contributed by atoms with Crippen LogP contribution in [0, 0.1) is 12.7 Å². The van der Waals surface area contributed by atoms with E-state index >= 15 is 0 Å². The highest BCUT2D eigenvalue weighted by atomic mass is 19.1. The first-order valence-corrected chi connectivity index (χ1v) is 6.37. The van der Waals surface area contributed by atoms with Gasteiger partial charge in [0.2, 0.25) is 0 Å². The molecule has 0 atom stereocenters. The van der Waals surface area contributed by atoms with Crippen molar-refractivity contribution < 1.29 is 9.18 Å². The molecule has 2 nitrogen and oxygen atoms in total. The maximum absolute atomic E-state index is 13.5. The Bertz CT molecular complexity index is 644. The number of halogens is 1. The molecule has 2 aromatic carbocycles. The number of hydrogen-bond donors (Lipinski definition) is 1. The molecule has 0 unspecified atom stereocenters. The molecule has 0 heterocycles. The first-order chi connectivity index (χ1) is 9.56. The van der Waals surface area contributed by atoms with E-state index in [2.05, 4.69) is 5.32 Å². The average Bonchev–Trinajstić information content (AvgIpc) is 2.42. The van der Waals surface area contributed by atoms with E-state index in [1.807, 2.05) is 19.1 Å². The second-order valence-electron chi connectivity index (χ2n) is 4.66. The normalized spacial score (nSPS) is 11.2. The van der Waals surface area contributed by atoms with Gasteiger partial charge in [-0.05, 0) is 26.0 Å². The second-order valence-corrected chi connectivity index (χ2v) is 4.66. The van der Waals surface area contributed by atoms with E-state index in [1.54, 1.807) is 37.3 Å². The molecule has 102 valence electrons. The first kappa shape index (κ1) is 14.0. The van der Waals surface area contributed by atoms with Gasteiger partial charge < -0.3 is 5.32 Å². The van der Waals surface area contributed by atoms with Gasteiger partial charge in [0.1, 0.15) is 5.82 Å². The molecule has 20 heavy (non-hydrogen) atoms. The summed E-state index contributed by atoms with van der Waals surface area (Å²) in [6.07, 6.45) is 1.47. The summed E-state index contributed by atoms with van der Waals surface area (Å²) in [7, 11) is 0. The molecule has 0 fully saturated rings. The molecule has 0 radical (unpaired) electrons. The molecule has 0 aliphatic heterocycles. The molecule has 2 aromatic rings. The van der Waals surface area contributed by atoms with Gasteiger partial charge in [-0.3, -0.25) is 4.79 Å². The van der Waals surface area contributed by atoms with Crippen molar-refractivity contribution in [3.63, 3.8) is 0 Å². The van der Waals surface area contributed by atoms with Crippen LogP contribution in [0.2, 0.25) is 0 Å². The number of allylic oxidation sites excluding steroid dienone is 2. The van der Waals surface area contributed by atoms with Crippen LogP contribution in [0.1, 0.15) is 22.8 Å². The van der Waals surface area contributed by atoms with Gasteiger partial charge in [-0.15, -0.1) is 0 Å². The number of para-hydroxylation sites is 1. The minimum absolute atomic E-state index is 0.105. The summed E-state index contributed by atoms with van der Waals surface area (Å²) in [6, 6.07) is 13.7. The summed E-state index contributed by atoms with van der Waals surface area (Å²) in [5.41, 5.74) is 2.68. The quantitative estimate of drug-likeness (QED) is 0.661. The number of nitrogens with one attached hydrogen (secondary N) is 1. The van der Waals surface area contributed by atoms with E-state index in [4.69, 9.17) is 0 Å². The van der Waals surface area contributed by atoms with E-state index in [0.29, 0.717) is 16.9 Å². The molecule has 0 aliphatic rings. The Morgan fingerprint density at radius 3 is 2.40 bits per heavy atom. The molecule has 1 N–H and O–H groups in total. The Labute approximate surface area is 118 Å². The third-order valence-electron chi connectivity index (χ3n) is 2.89. The highest BCUT2D eigenvalue weighted by molar-refractivity contribution is 6.05. The van der Waals surface area contributed by atoms with Gasteiger partial charge in [0, 0.05) is 17.3 Å². The summed E-state index contributed by atoms with van der Waals surface area (Å²) in [6.45, 7) is 3.70. The van der Waals surface area contributed by atoms with Crippen molar-refractivity contribution in [1.82, 2.24) is 0 Å². The highest BCUT2D eigenvalue weighted by Gasteiger charge is 2.04. The first-order valence-electron chi connectivity index (χ1n) is 6.37. The molecule has 0 bridgehead atoms. The predicted octanol–water partition coefficient (Wildman–Crippen LogP) is 4.33. The van der Waals surface area contributed by atoms with Crippen molar-refractivity contribution in [2.45, 2.75) is 13.8 Å². The molecular formula is C17H16FNO. The Kier molecular flexibility index (Phi) is 4.31. The van der Waals surface area contributed by atoms with E-state index in [0.717, 1.165) is 5.56 Å². The maximum Gasteiger partial charge on any atom is 0.187 e. The van der Waals surface area contributed by atoms with Crippen molar-refractivity contribution in [3.8, 4) is 0 Å². The minimum Gasteiger partial charge on any atom is -0.357 e. The average molecular weight is 269 g/mol. The van der Waals surface area contributed by atoms with E-state index in [1.165, 1.54) is 12.1 Å². The Morgan fingerprint density at radius 2 is 1.75 bits per heavy atom. The van der Waals surface area contributed by atoms with Crippen LogP contribution in [0.4, 0.5) is 10.1 Å². The summed E-state index contributed by atoms with van der Waals surface area (Å²) in [5.74, 6) is -0.450. The zero-order valence-corrected chi connectivity index (χ0v) is 11.5. The molecule has 0 aliphatic carbocycles. The smallest absolute Gasteiger partial charge is 0.187 e. The lowest BCUT2D eigenvalue weighted by molar-refractivity contribution is 0.104. The number of ketones is 1. The number of hydrogen-bond acceptors (Lipinski definition) is 2. The van der Waals surface area contributed by atoms with Crippen molar-refractivity contribution in [2.75, 3.05) is 5.32 Å². The van der Waals surface area contributed by atoms with Crippen LogP contribution in [-0.4, -0.2) is 5.78 Å². The van der Waals surface area contributed by atoms with Crippen LogP contribution < -0.4 is 5.32 Å². The topological polar surface area (TPSA) is 29.1 Å². The fourth-order valence-corrected chi connectivity index (χ4v) is 1.81. The minimum atomic E-state index is -0.344. The lowest BCUT2D eigenvalue weighted by atomic mass is 10.1. The van der Waals surface area contributed by atoms with E-state index in [-0.39, 0.29) is 11.6 Å². The van der Waals surface area contributed by atoms with Gasteiger partial charge >= 0.3 is 0 Å². The SMILES string of the molecule is CC(=CC(=O)c1ccc(C)cc1)Nc1ccccc1F. The number of carbonyl (C=O) groups is 1. The van der Waals surface area contributed by atoms with Crippen LogP contribution in [0.15, 0.2) is 60.3 Å². The van der Waals surface area contributed by atoms with Gasteiger partial charge in [0.25, 0.3) is 0 Å². The fraction of sp³-hybridized carbons (Fsp3) is 0.118. The number of benzene rings is 2. The van der Waals surface area contributed by atoms with Crippen molar-refractivity contribution in [2.24, 2.45) is 0 Å². The van der Waals surface area contributed by atoms with Gasteiger partial charge in [-0.25, -0.2) is 4.39 Å². The predicted molar refractivity (Wildman–Crippen MR) is 79.3 cm³/mol. The lowest BCUT2D eigenvalue weighted by Crippen LogP contribution is -2.02. The van der Waals surface area contributed by atoms with Crippen LogP contribution >= 0.6 is 0 Å². The van der Waals surface area contributed by atoms with Gasteiger partial charge in [-0.2, -0.15) is 0 Å². The monoisotopic (exact) mass is 269 g/mol. The van der Waals surface area contributed by atoms with Gasteiger partial charge in [-0.1, -0.05) is 42.0 Å². The van der Waals surface area contributed by atoms with Crippen LogP contribution in [0.3, 0.4) is 0 Å². The zero-order valence-electron chi connectivity index (χ0n) is 11.5. The highest BCUT2D eigenvalue weighted by Crippen LogP contribution is 2.15. The van der Waals surface area contributed by atoms with Crippen LogP contribution in [0.5, 0.6) is 0 Å². The number of carbonyl (C=O) groups excluding carboxylic acids is 1. The van der Waals surface area contributed by atoms with Crippen LogP contribution in [-0.2, 0) is 0 Å². The summed E-state index contributed by atoms with van der Waals surface area (Å²) in [5, 5.41) is 2.89. The Balaban J connectivity index is 2.12. The van der Waals surface area contributed by atoms with Crippen molar-refractivity contribution in [3.05, 3.63) is 77.2 Å². The summed E-state index contributed by atoms with van der Waals surface area (Å²) >= 11 is 0. The fourth-order valence-electron chi connectivity index (χ4n) is 1.81. The van der Waals surface area contributed by atoms with E-state index < -0.39 is 0 Å². The number of aryl methyl sites for hydroxylation is 1. The molecule has 0 spiro atoms. The van der Waals surface area contributed by atoms with E-state index in [9.17, 15) is 9.18 Å². The van der Waals surface area contributed by atoms with Gasteiger partial charge in [0.15, 0.2) is 5.78 Å². The number of anilines is 1. The van der Waals surface area contributed by atoms with Gasteiger partial charge in [0.05, 0.1) is 5.69 Å². The van der Waals surface area contributed by atoms with Crippen molar-refractivity contribution >= 4 is 11.5 Å². The molecule has 0 amide bonds. The third kappa shape index (κ3) is 3.54.